The molecular formula is C18H20N6O2S. The quantitative estimate of drug-likeness (QED) is 0.725. The maximum absolute atomic E-state index is 13.1. The number of hydrogen-bond acceptors (Lipinski definition) is 7. The van der Waals surface area contributed by atoms with Crippen molar-refractivity contribution in [3.8, 4) is 0 Å². The molecule has 3 heterocycles. The predicted octanol–water partition coefficient (Wildman–Crippen LogP) is 2.27. The molecule has 0 unspecified atom stereocenters. The lowest BCUT2D eigenvalue weighted by atomic mass is 10.1. The number of hydrogen-bond donors (Lipinski definition) is 1. The second kappa shape index (κ2) is 7.83. The summed E-state index contributed by atoms with van der Waals surface area (Å²) in [6.45, 7) is 1.98. The van der Waals surface area contributed by atoms with Crippen LogP contribution in [-0.2, 0) is 11.3 Å². The van der Waals surface area contributed by atoms with Crippen LogP contribution in [0.4, 0.5) is 10.9 Å². The van der Waals surface area contributed by atoms with E-state index in [0.29, 0.717) is 10.9 Å². The minimum absolute atomic E-state index is 0.140. The fraction of sp³-hybridized carbons (Fsp3) is 0.389. The van der Waals surface area contributed by atoms with Crippen LogP contribution in [0.25, 0.3) is 11.0 Å². The Balaban J connectivity index is 1.62. The molecule has 2 aromatic heterocycles. The molecule has 9 heteroatoms. The normalized spacial score (nSPS) is 14.4. The van der Waals surface area contributed by atoms with Gasteiger partial charge in [0.2, 0.25) is 11.0 Å². The number of para-hydroxylation sites is 2. The SMILES string of the molecule is O=C(CCn1c(=O)c(N2CCCCC2)nc2ccccc21)Nc1nncs1. The lowest BCUT2D eigenvalue weighted by Crippen LogP contribution is -2.37. The Hall–Kier alpha value is -2.81. The Kier molecular flexibility index (Phi) is 5.10. The number of nitrogens with zero attached hydrogens (tertiary/aromatic N) is 5. The number of aromatic nitrogens is 4. The Morgan fingerprint density at radius 2 is 2.00 bits per heavy atom. The first-order valence-corrected chi connectivity index (χ1v) is 9.91. The summed E-state index contributed by atoms with van der Waals surface area (Å²) in [5.41, 5.74) is 2.93. The third-order valence-corrected chi connectivity index (χ3v) is 5.27. The first-order valence-electron chi connectivity index (χ1n) is 9.03. The fourth-order valence-electron chi connectivity index (χ4n) is 3.34. The third kappa shape index (κ3) is 3.82. The number of amides is 1. The first-order chi connectivity index (χ1) is 13.2. The summed E-state index contributed by atoms with van der Waals surface area (Å²) in [5.74, 6) is 0.289. The van der Waals surface area contributed by atoms with Crippen LogP contribution < -0.4 is 15.8 Å². The first kappa shape index (κ1) is 17.6. The maximum atomic E-state index is 13.1. The van der Waals surface area contributed by atoms with Gasteiger partial charge in [-0.05, 0) is 31.4 Å². The molecule has 1 N–H and O–H groups in total. The second-order valence-electron chi connectivity index (χ2n) is 6.47. The lowest BCUT2D eigenvalue weighted by Gasteiger charge is -2.27. The van der Waals surface area contributed by atoms with E-state index < -0.39 is 0 Å². The molecule has 1 fully saturated rings. The summed E-state index contributed by atoms with van der Waals surface area (Å²) in [5, 5.41) is 10.7. The Labute approximate surface area is 159 Å². The van der Waals surface area contributed by atoms with Crippen molar-refractivity contribution >= 4 is 39.2 Å². The van der Waals surface area contributed by atoms with E-state index in [9.17, 15) is 9.59 Å². The van der Waals surface area contributed by atoms with E-state index in [1.165, 1.54) is 17.8 Å². The van der Waals surface area contributed by atoms with Crippen molar-refractivity contribution in [1.29, 1.82) is 0 Å². The number of fused-ring (bicyclic) bond motifs is 1. The zero-order chi connectivity index (χ0) is 18.6. The number of aryl methyl sites for hydroxylation is 1. The van der Waals surface area contributed by atoms with Gasteiger partial charge < -0.3 is 14.8 Å². The zero-order valence-corrected chi connectivity index (χ0v) is 15.6. The number of rotatable bonds is 5. The van der Waals surface area contributed by atoms with Crippen molar-refractivity contribution < 1.29 is 4.79 Å². The second-order valence-corrected chi connectivity index (χ2v) is 7.30. The summed E-state index contributed by atoms with van der Waals surface area (Å²) < 4.78 is 1.66. The van der Waals surface area contributed by atoms with Crippen LogP contribution in [0, 0.1) is 0 Å². The smallest absolute Gasteiger partial charge is 0.294 e. The molecule has 1 aliphatic rings. The maximum Gasteiger partial charge on any atom is 0.294 e. The molecule has 0 atom stereocenters. The number of nitrogens with one attached hydrogen (secondary N) is 1. The van der Waals surface area contributed by atoms with Crippen molar-refractivity contribution in [3.63, 3.8) is 0 Å². The molecule has 4 rings (SSSR count). The Morgan fingerprint density at radius 3 is 2.78 bits per heavy atom. The van der Waals surface area contributed by atoms with E-state index in [-0.39, 0.29) is 24.4 Å². The van der Waals surface area contributed by atoms with Crippen LogP contribution in [0.1, 0.15) is 25.7 Å². The van der Waals surface area contributed by atoms with Crippen LogP contribution >= 0.6 is 11.3 Å². The third-order valence-electron chi connectivity index (χ3n) is 4.66. The number of carbonyl (C=O) groups is 1. The van der Waals surface area contributed by atoms with Gasteiger partial charge in [0.1, 0.15) is 5.51 Å². The van der Waals surface area contributed by atoms with Gasteiger partial charge in [0, 0.05) is 26.1 Å². The molecule has 140 valence electrons. The molecule has 0 spiro atoms. The van der Waals surface area contributed by atoms with Crippen LogP contribution in [-0.4, -0.2) is 38.7 Å². The average molecular weight is 384 g/mol. The van der Waals surface area contributed by atoms with Gasteiger partial charge in [-0.3, -0.25) is 9.59 Å². The number of piperidine rings is 1. The molecule has 8 nitrogen and oxygen atoms in total. The molecule has 27 heavy (non-hydrogen) atoms. The summed E-state index contributed by atoms with van der Waals surface area (Å²) in [6.07, 6.45) is 3.49. The highest BCUT2D eigenvalue weighted by atomic mass is 32.1. The summed E-state index contributed by atoms with van der Waals surface area (Å²) in [4.78, 5) is 32.0. The molecule has 0 aliphatic carbocycles. The Morgan fingerprint density at radius 1 is 1.19 bits per heavy atom. The van der Waals surface area contributed by atoms with E-state index in [1.807, 2.05) is 24.3 Å². The van der Waals surface area contributed by atoms with E-state index in [4.69, 9.17) is 0 Å². The van der Waals surface area contributed by atoms with Crippen molar-refractivity contribution in [2.75, 3.05) is 23.3 Å². The predicted molar refractivity (Wildman–Crippen MR) is 105 cm³/mol. The van der Waals surface area contributed by atoms with Crippen molar-refractivity contribution in [2.24, 2.45) is 0 Å². The number of anilines is 2. The summed E-state index contributed by atoms with van der Waals surface area (Å²) in [7, 11) is 0. The highest BCUT2D eigenvalue weighted by Crippen LogP contribution is 2.18. The standard InChI is InChI=1S/C18H20N6O2S/c25-15(21-18-22-19-12-27-18)8-11-24-14-7-3-2-6-13(14)20-16(17(24)26)23-9-4-1-5-10-23/h2-3,6-7,12H,1,4-5,8-11H2,(H,21,22,25). The topological polar surface area (TPSA) is 93.0 Å². The van der Waals surface area contributed by atoms with Gasteiger partial charge in [0.15, 0.2) is 5.82 Å². The van der Waals surface area contributed by atoms with Gasteiger partial charge >= 0.3 is 0 Å². The number of benzene rings is 1. The largest absolute Gasteiger partial charge is 0.352 e. The Bertz CT molecular complexity index is 995. The monoisotopic (exact) mass is 384 g/mol. The van der Waals surface area contributed by atoms with Gasteiger partial charge in [-0.25, -0.2) is 4.98 Å². The van der Waals surface area contributed by atoms with Crippen molar-refractivity contribution in [1.82, 2.24) is 19.7 Å². The molecule has 1 saturated heterocycles. The van der Waals surface area contributed by atoms with Gasteiger partial charge in [-0.2, -0.15) is 0 Å². The van der Waals surface area contributed by atoms with E-state index in [1.54, 1.807) is 10.1 Å². The highest BCUT2D eigenvalue weighted by Gasteiger charge is 2.19. The van der Waals surface area contributed by atoms with Crippen molar-refractivity contribution in [2.45, 2.75) is 32.2 Å². The summed E-state index contributed by atoms with van der Waals surface area (Å²) in [6, 6.07) is 7.56. The minimum Gasteiger partial charge on any atom is -0.352 e. The molecule has 3 aromatic rings. The minimum atomic E-state index is -0.195. The van der Waals surface area contributed by atoms with Gasteiger partial charge in [-0.15, -0.1) is 10.2 Å². The fourth-order valence-corrected chi connectivity index (χ4v) is 3.80. The van der Waals surface area contributed by atoms with Gasteiger partial charge in [0.25, 0.3) is 5.56 Å². The van der Waals surface area contributed by atoms with E-state index in [0.717, 1.165) is 37.0 Å². The molecule has 0 radical (unpaired) electrons. The van der Waals surface area contributed by atoms with E-state index >= 15 is 0 Å². The van der Waals surface area contributed by atoms with Gasteiger partial charge in [-0.1, -0.05) is 23.5 Å². The van der Waals surface area contributed by atoms with Crippen LogP contribution in [0.5, 0.6) is 0 Å². The molecule has 0 saturated carbocycles. The zero-order valence-electron chi connectivity index (χ0n) is 14.8. The highest BCUT2D eigenvalue weighted by molar-refractivity contribution is 7.13. The van der Waals surface area contributed by atoms with E-state index in [2.05, 4.69) is 25.4 Å². The molecular weight excluding hydrogens is 364 g/mol. The van der Waals surface area contributed by atoms with Crippen molar-refractivity contribution in [3.05, 3.63) is 40.1 Å². The summed E-state index contributed by atoms with van der Waals surface area (Å²) >= 11 is 1.26. The lowest BCUT2D eigenvalue weighted by molar-refractivity contribution is -0.116. The average Bonchev–Trinajstić information content (AvgIpc) is 3.20. The molecule has 1 amide bonds. The van der Waals surface area contributed by atoms with Crippen LogP contribution in [0.2, 0.25) is 0 Å². The molecule has 0 bridgehead atoms. The van der Waals surface area contributed by atoms with Crippen LogP contribution in [0.3, 0.4) is 0 Å². The molecule has 1 aromatic carbocycles. The van der Waals surface area contributed by atoms with Crippen LogP contribution in [0.15, 0.2) is 34.6 Å². The van der Waals surface area contributed by atoms with Gasteiger partial charge in [0.05, 0.1) is 11.0 Å². The molecule has 1 aliphatic heterocycles. The number of carbonyl (C=O) groups excluding carboxylic acids is 1.